The Bertz CT molecular complexity index is 1720. The molecule has 0 saturated carbocycles. The maximum atomic E-state index is 13.2. The van der Waals surface area contributed by atoms with E-state index in [1.165, 1.54) is 29.6 Å². The molecule has 1 fully saturated rings. The fourth-order valence-electron chi connectivity index (χ4n) is 4.57. The molecule has 2 heterocycles. The van der Waals surface area contributed by atoms with Crippen molar-refractivity contribution < 1.29 is 22.9 Å². The van der Waals surface area contributed by atoms with Crippen molar-refractivity contribution >= 4 is 39.1 Å². The minimum atomic E-state index is -3.65. The lowest BCUT2D eigenvalue weighted by atomic mass is 10.2. The second kappa shape index (κ2) is 12.3. The number of benzene rings is 3. The standard InChI is InChI=1S/C28H28N6O6S2/c1-19(27(35)29-24-18-22(34(36)37)13-14-25(24)40-2)41-28-31-30-26(33(28)21-10-4-3-5-11-21)20-9-8-12-23(17-20)42(38,39)32-15-6-7-16-32/h3-5,8-14,17-19H,6-7,15-16H2,1-2H3,(H,29,35). The van der Waals surface area contributed by atoms with Gasteiger partial charge >= 0.3 is 0 Å². The maximum Gasteiger partial charge on any atom is 0.271 e. The van der Waals surface area contributed by atoms with Gasteiger partial charge in [0, 0.05) is 36.5 Å². The number of nitrogens with one attached hydrogen (secondary N) is 1. The van der Waals surface area contributed by atoms with Gasteiger partial charge in [0.25, 0.3) is 5.69 Å². The fraction of sp³-hybridized carbons (Fsp3) is 0.250. The van der Waals surface area contributed by atoms with Crippen LogP contribution in [0.3, 0.4) is 0 Å². The summed E-state index contributed by atoms with van der Waals surface area (Å²) in [5.41, 5.74) is 1.26. The van der Waals surface area contributed by atoms with Gasteiger partial charge in [-0.1, -0.05) is 42.1 Å². The summed E-state index contributed by atoms with van der Waals surface area (Å²) in [7, 11) is -2.24. The second-order valence-electron chi connectivity index (χ2n) is 9.51. The number of carbonyl (C=O) groups excluding carboxylic acids is 1. The summed E-state index contributed by atoms with van der Waals surface area (Å²) >= 11 is 1.14. The minimum absolute atomic E-state index is 0.172. The van der Waals surface area contributed by atoms with Crippen molar-refractivity contribution in [3.05, 3.63) is 82.9 Å². The van der Waals surface area contributed by atoms with Gasteiger partial charge in [-0.3, -0.25) is 19.5 Å². The lowest BCUT2D eigenvalue weighted by molar-refractivity contribution is -0.384. The lowest BCUT2D eigenvalue weighted by Gasteiger charge is -2.17. The summed E-state index contributed by atoms with van der Waals surface area (Å²) in [4.78, 5) is 24.1. The third-order valence-corrected chi connectivity index (χ3v) is 9.68. The van der Waals surface area contributed by atoms with Crippen LogP contribution in [0.5, 0.6) is 5.75 Å². The van der Waals surface area contributed by atoms with Crippen LogP contribution in [0.4, 0.5) is 11.4 Å². The van der Waals surface area contributed by atoms with Crippen LogP contribution in [-0.2, 0) is 14.8 Å². The topological polar surface area (TPSA) is 150 Å². The number of carbonyl (C=O) groups is 1. The number of nitro groups is 1. The van der Waals surface area contributed by atoms with Crippen molar-refractivity contribution in [2.24, 2.45) is 0 Å². The van der Waals surface area contributed by atoms with E-state index in [0.717, 1.165) is 30.3 Å². The molecule has 1 N–H and O–H groups in total. The number of hydrogen-bond donors (Lipinski definition) is 1. The van der Waals surface area contributed by atoms with Crippen molar-refractivity contribution in [1.29, 1.82) is 0 Å². The van der Waals surface area contributed by atoms with Crippen LogP contribution in [-0.4, -0.2) is 63.8 Å². The summed E-state index contributed by atoms with van der Waals surface area (Å²) in [6, 6.07) is 19.9. The average Bonchev–Trinajstić information content (AvgIpc) is 3.69. The molecule has 14 heteroatoms. The van der Waals surface area contributed by atoms with Gasteiger partial charge in [-0.2, -0.15) is 4.31 Å². The maximum absolute atomic E-state index is 13.2. The van der Waals surface area contributed by atoms with Crippen LogP contribution >= 0.6 is 11.8 Å². The zero-order valence-electron chi connectivity index (χ0n) is 22.8. The highest BCUT2D eigenvalue weighted by Gasteiger charge is 2.28. The van der Waals surface area contributed by atoms with Gasteiger partial charge in [0.1, 0.15) is 5.75 Å². The number of ether oxygens (including phenoxy) is 1. The van der Waals surface area contributed by atoms with E-state index in [9.17, 15) is 23.3 Å². The number of methoxy groups -OCH3 is 1. The van der Waals surface area contributed by atoms with Crippen molar-refractivity contribution in [2.45, 2.75) is 35.1 Å². The van der Waals surface area contributed by atoms with Gasteiger partial charge in [-0.15, -0.1) is 10.2 Å². The number of non-ortho nitro benzene ring substituents is 1. The van der Waals surface area contributed by atoms with Gasteiger partial charge < -0.3 is 10.1 Å². The number of nitrogens with zero attached hydrogens (tertiary/aromatic N) is 5. The highest BCUT2D eigenvalue weighted by Crippen LogP contribution is 2.34. The van der Waals surface area contributed by atoms with E-state index in [0.29, 0.717) is 29.6 Å². The predicted octanol–water partition coefficient (Wildman–Crippen LogP) is 4.75. The molecule has 12 nitrogen and oxygen atoms in total. The van der Waals surface area contributed by atoms with E-state index >= 15 is 0 Å². The Kier molecular flexibility index (Phi) is 8.56. The molecule has 1 saturated heterocycles. The number of hydrogen-bond acceptors (Lipinski definition) is 9. The Hall–Kier alpha value is -4.27. The molecule has 0 spiro atoms. The van der Waals surface area contributed by atoms with Crippen LogP contribution in [0, 0.1) is 10.1 Å². The first-order valence-corrected chi connectivity index (χ1v) is 15.4. The molecule has 1 aliphatic rings. The van der Waals surface area contributed by atoms with Crippen LogP contribution in [0.25, 0.3) is 17.1 Å². The summed E-state index contributed by atoms with van der Waals surface area (Å²) in [6.07, 6.45) is 1.67. The summed E-state index contributed by atoms with van der Waals surface area (Å²) in [5.74, 6) is 0.265. The van der Waals surface area contributed by atoms with E-state index in [1.54, 1.807) is 35.8 Å². The van der Waals surface area contributed by atoms with E-state index in [4.69, 9.17) is 4.74 Å². The van der Waals surface area contributed by atoms with Crippen LogP contribution < -0.4 is 10.1 Å². The molecule has 4 aromatic rings. The molecule has 0 bridgehead atoms. The summed E-state index contributed by atoms with van der Waals surface area (Å²) < 4.78 is 35.0. The molecule has 5 rings (SSSR count). The van der Waals surface area contributed by atoms with Crippen molar-refractivity contribution in [2.75, 3.05) is 25.5 Å². The molecule has 1 aliphatic heterocycles. The zero-order valence-corrected chi connectivity index (χ0v) is 24.5. The van der Waals surface area contributed by atoms with E-state index in [2.05, 4.69) is 15.5 Å². The van der Waals surface area contributed by atoms with Crippen LogP contribution in [0.15, 0.2) is 82.8 Å². The third kappa shape index (κ3) is 6.00. The number of rotatable bonds is 10. The normalized spacial score (nSPS) is 14.4. The summed E-state index contributed by atoms with van der Waals surface area (Å²) in [6.45, 7) is 2.67. The number of thioether (sulfide) groups is 1. The number of para-hydroxylation sites is 1. The Balaban J connectivity index is 1.46. The Morgan fingerprint density at radius 2 is 1.79 bits per heavy atom. The second-order valence-corrected chi connectivity index (χ2v) is 12.8. The van der Waals surface area contributed by atoms with Crippen molar-refractivity contribution in [1.82, 2.24) is 19.1 Å². The largest absolute Gasteiger partial charge is 0.495 e. The van der Waals surface area contributed by atoms with E-state index in [1.807, 2.05) is 30.3 Å². The first kappa shape index (κ1) is 29.2. The molecular formula is C28H28N6O6S2. The highest BCUT2D eigenvalue weighted by atomic mass is 32.2. The quantitative estimate of drug-likeness (QED) is 0.153. The number of amides is 1. The Morgan fingerprint density at radius 3 is 2.48 bits per heavy atom. The molecule has 0 aliphatic carbocycles. The molecule has 0 radical (unpaired) electrons. The molecule has 1 aromatic heterocycles. The number of nitro benzene ring substituents is 1. The Labute approximate surface area is 246 Å². The van der Waals surface area contributed by atoms with Crippen molar-refractivity contribution in [3.8, 4) is 22.8 Å². The monoisotopic (exact) mass is 608 g/mol. The van der Waals surface area contributed by atoms with Gasteiger partial charge in [0.15, 0.2) is 11.0 Å². The Morgan fingerprint density at radius 1 is 1.05 bits per heavy atom. The molecule has 1 amide bonds. The molecule has 218 valence electrons. The first-order valence-electron chi connectivity index (χ1n) is 13.1. The van der Waals surface area contributed by atoms with Gasteiger partial charge in [0.05, 0.1) is 27.9 Å². The summed E-state index contributed by atoms with van der Waals surface area (Å²) in [5, 5.41) is 22.4. The van der Waals surface area contributed by atoms with E-state index in [-0.39, 0.29) is 22.0 Å². The highest BCUT2D eigenvalue weighted by molar-refractivity contribution is 8.00. The number of sulfonamides is 1. The average molecular weight is 609 g/mol. The smallest absolute Gasteiger partial charge is 0.271 e. The molecule has 42 heavy (non-hydrogen) atoms. The molecule has 1 atom stereocenters. The number of aromatic nitrogens is 3. The first-order chi connectivity index (χ1) is 20.2. The van der Waals surface area contributed by atoms with Crippen LogP contribution in [0.1, 0.15) is 19.8 Å². The van der Waals surface area contributed by atoms with Crippen LogP contribution in [0.2, 0.25) is 0 Å². The minimum Gasteiger partial charge on any atom is -0.495 e. The zero-order chi connectivity index (χ0) is 29.9. The fourth-order valence-corrected chi connectivity index (χ4v) is 7.00. The SMILES string of the molecule is COc1ccc([N+](=O)[O-])cc1NC(=O)C(C)Sc1nnc(-c2cccc(S(=O)(=O)N3CCCC3)c2)n1-c1ccccc1. The van der Waals surface area contributed by atoms with Gasteiger partial charge in [-0.05, 0) is 50.1 Å². The lowest BCUT2D eigenvalue weighted by Crippen LogP contribution is -2.27. The van der Waals surface area contributed by atoms with Crippen molar-refractivity contribution in [3.63, 3.8) is 0 Å². The third-order valence-electron chi connectivity index (χ3n) is 6.75. The van der Waals surface area contributed by atoms with Gasteiger partial charge in [0.2, 0.25) is 15.9 Å². The molecular weight excluding hydrogens is 580 g/mol. The predicted molar refractivity (Wildman–Crippen MR) is 158 cm³/mol. The van der Waals surface area contributed by atoms with Gasteiger partial charge in [-0.25, -0.2) is 8.42 Å². The van der Waals surface area contributed by atoms with E-state index < -0.39 is 26.1 Å². The molecule has 1 unspecified atom stereocenters. The number of anilines is 1. The molecule has 3 aromatic carbocycles.